The van der Waals surface area contributed by atoms with Crippen LogP contribution in [0, 0.1) is 11.6 Å². The summed E-state index contributed by atoms with van der Waals surface area (Å²) in [5.41, 5.74) is 3.57. The van der Waals surface area contributed by atoms with Gasteiger partial charge >= 0.3 is 0 Å². The van der Waals surface area contributed by atoms with Crippen molar-refractivity contribution in [2.24, 2.45) is 0 Å². The maximum absolute atomic E-state index is 12.6. The summed E-state index contributed by atoms with van der Waals surface area (Å²) in [6.45, 7) is 0.0546. The monoisotopic (exact) mass is 187 g/mol. The average Bonchev–Trinajstić information content (AvgIpc) is 2.11. The molecule has 0 spiro atoms. The highest BCUT2D eigenvalue weighted by molar-refractivity contribution is 5.91. The van der Waals surface area contributed by atoms with Crippen LogP contribution in [0.15, 0.2) is 18.2 Å². The maximum Gasteiger partial charge on any atom is 0.279 e. The molecule has 1 amide bonds. The molecular weight excluding hydrogens is 178 g/mol. The Morgan fingerprint density at radius 1 is 1.38 bits per heavy atom. The van der Waals surface area contributed by atoms with E-state index in [-0.39, 0.29) is 18.1 Å². The van der Waals surface area contributed by atoms with Crippen LogP contribution in [0.5, 0.6) is 0 Å². The third-order valence-electron chi connectivity index (χ3n) is 1.43. The summed E-state index contributed by atoms with van der Waals surface area (Å²) < 4.78 is 25.0. The van der Waals surface area contributed by atoms with Gasteiger partial charge in [0.25, 0.3) is 5.91 Å². The van der Waals surface area contributed by atoms with E-state index in [0.717, 1.165) is 12.1 Å². The van der Waals surface area contributed by atoms with Crippen molar-refractivity contribution in [1.82, 2.24) is 0 Å². The number of hydrogen-bond acceptors (Lipinski definition) is 1. The number of benzene rings is 1. The second-order valence-electron chi connectivity index (χ2n) is 2.43. The van der Waals surface area contributed by atoms with Crippen LogP contribution in [-0.2, 0) is 4.79 Å². The minimum absolute atomic E-state index is 0.0546. The lowest BCUT2D eigenvalue weighted by Gasteiger charge is -2.01. The van der Waals surface area contributed by atoms with Gasteiger partial charge in [0.05, 0.1) is 0 Å². The van der Waals surface area contributed by atoms with Crippen molar-refractivity contribution in [1.29, 1.82) is 0 Å². The smallest absolute Gasteiger partial charge is 0.279 e. The first-order valence-corrected chi connectivity index (χ1v) is 3.67. The van der Waals surface area contributed by atoms with E-state index in [0.29, 0.717) is 0 Å². The number of quaternary nitrogens is 1. The molecule has 3 nitrogen and oxygen atoms in total. The van der Waals surface area contributed by atoms with Crippen LogP contribution in [0.3, 0.4) is 0 Å². The molecule has 4 N–H and O–H groups in total. The minimum Gasteiger partial charge on any atom is -0.350 e. The summed E-state index contributed by atoms with van der Waals surface area (Å²) >= 11 is 0. The van der Waals surface area contributed by atoms with E-state index in [9.17, 15) is 13.6 Å². The average molecular weight is 187 g/mol. The molecule has 5 heteroatoms. The van der Waals surface area contributed by atoms with Gasteiger partial charge in [-0.1, -0.05) is 0 Å². The first-order chi connectivity index (χ1) is 6.13. The lowest BCUT2D eigenvalue weighted by molar-refractivity contribution is -0.353. The second-order valence-corrected chi connectivity index (χ2v) is 2.43. The van der Waals surface area contributed by atoms with Crippen LogP contribution in [0.1, 0.15) is 0 Å². The van der Waals surface area contributed by atoms with E-state index in [1.54, 1.807) is 0 Å². The van der Waals surface area contributed by atoms with E-state index in [4.69, 9.17) is 0 Å². The fourth-order valence-electron chi connectivity index (χ4n) is 0.797. The van der Waals surface area contributed by atoms with Gasteiger partial charge < -0.3 is 11.1 Å². The summed E-state index contributed by atoms with van der Waals surface area (Å²) in [4.78, 5) is 10.8. The summed E-state index contributed by atoms with van der Waals surface area (Å²) in [6.07, 6.45) is 0. The molecule has 0 atom stereocenters. The number of rotatable bonds is 2. The lowest BCUT2D eigenvalue weighted by atomic mass is 10.3. The van der Waals surface area contributed by atoms with E-state index < -0.39 is 11.6 Å². The van der Waals surface area contributed by atoms with Crippen molar-refractivity contribution in [3.63, 3.8) is 0 Å². The number of hydrogen-bond donors (Lipinski definition) is 2. The predicted molar refractivity (Wildman–Crippen MR) is 42.7 cm³/mol. The number of anilines is 1. The van der Waals surface area contributed by atoms with Gasteiger partial charge in [0.15, 0.2) is 18.2 Å². The molecule has 1 rings (SSSR count). The Morgan fingerprint density at radius 3 is 2.62 bits per heavy atom. The normalized spacial score (nSPS) is 9.77. The number of carbonyl (C=O) groups is 1. The molecule has 13 heavy (non-hydrogen) atoms. The largest absolute Gasteiger partial charge is 0.350 e. The highest BCUT2D eigenvalue weighted by Crippen LogP contribution is 2.12. The van der Waals surface area contributed by atoms with Gasteiger partial charge in [0.2, 0.25) is 0 Å². The number of nitrogens with one attached hydrogen (secondary N) is 1. The molecule has 0 heterocycles. The van der Waals surface area contributed by atoms with Crippen LogP contribution < -0.4 is 11.1 Å². The van der Waals surface area contributed by atoms with Crippen molar-refractivity contribution < 1.29 is 19.3 Å². The second kappa shape index (κ2) is 3.95. The van der Waals surface area contributed by atoms with Crippen LogP contribution >= 0.6 is 0 Å². The summed E-state index contributed by atoms with van der Waals surface area (Å²) in [6, 6.07) is 3.16. The Bertz CT molecular complexity index is 328. The fourth-order valence-corrected chi connectivity index (χ4v) is 0.797. The van der Waals surface area contributed by atoms with Crippen LogP contribution in [0.2, 0.25) is 0 Å². The first-order valence-electron chi connectivity index (χ1n) is 3.67. The molecule has 0 bridgehead atoms. The van der Waals surface area contributed by atoms with Gasteiger partial charge in [0, 0.05) is 11.8 Å². The Labute approximate surface area is 73.5 Å². The third-order valence-corrected chi connectivity index (χ3v) is 1.43. The maximum atomic E-state index is 12.6. The molecule has 0 radical (unpaired) electrons. The van der Waals surface area contributed by atoms with Crippen molar-refractivity contribution >= 4 is 11.6 Å². The molecule has 0 aliphatic carbocycles. The molecule has 1 aromatic carbocycles. The highest BCUT2D eigenvalue weighted by atomic mass is 19.2. The number of amides is 1. The van der Waals surface area contributed by atoms with Gasteiger partial charge in [-0.25, -0.2) is 8.78 Å². The minimum atomic E-state index is -0.984. The zero-order valence-electron chi connectivity index (χ0n) is 6.81. The van der Waals surface area contributed by atoms with Crippen molar-refractivity contribution in [3.8, 4) is 0 Å². The number of halogens is 2. The van der Waals surface area contributed by atoms with Gasteiger partial charge in [-0.3, -0.25) is 4.79 Å². The summed E-state index contributed by atoms with van der Waals surface area (Å²) in [7, 11) is 0. The van der Waals surface area contributed by atoms with Crippen LogP contribution in [-0.4, -0.2) is 12.5 Å². The molecule has 0 aliphatic rings. The van der Waals surface area contributed by atoms with Gasteiger partial charge in [-0.05, 0) is 12.1 Å². The predicted octanol–water partition coefficient (Wildman–Crippen LogP) is 0.145. The van der Waals surface area contributed by atoms with E-state index >= 15 is 0 Å². The fraction of sp³-hybridized carbons (Fsp3) is 0.125. The molecule has 0 saturated carbocycles. The molecule has 0 aliphatic heterocycles. The third kappa shape index (κ3) is 2.48. The Balaban J connectivity index is 2.79. The van der Waals surface area contributed by atoms with Crippen molar-refractivity contribution in [2.45, 2.75) is 0 Å². The quantitative estimate of drug-likeness (QED) is 0.680. The summed E-state index contributed by atoms with van der Waals surface area (Å²) in [5, 5.41) is 2.35. The molecule has 0 unspecified atom stereocenters. The molecule has 0 fully saturated rings. The van der Waals surface area contributed by atoms with Gasteiger partial charge in [-0.2, -0.15) is 0 Å². The van der Waals surface area contributed by atoms with Crippen LogP contribution in [0.25, 0.3) is 0 Å². The van der Waals surface area contributed by atoms with Crippen LogP contribution in [0.4, 0.5) is 14.5 Å². The molecular formula is C8H9F2N2O+. The standard InChI is InChI=1S/C8H8F2N2O/c9-6-2-1-5(3-7(6)10)12-8(13)4-11/h1-3H,4,11H2,(H,12,13)/p+1. The Kier molecular flexibility index (Phi) is 2.92. The zero-order chi connectivity index (χ0) is 9.84. The molecule has 70 valence electrons. The van der Waals surface area contributed by atoms with Gasteiger partial charge in [0.1, 0.15) is 0 Å². The molecule has 0 aromatic heterocycles. The van der Waals surface area contributed by atoms with E-state index in [2.05, 4.69) is 11.1 Å². The van der Waals surface area contributed by atoms with Crippen molar-refractivity contribution in [3.05, 3.63) is 29.8 Å². The van der Waals surface area contributed by atoms with E-state index in [1.807, 2.05) is 0 Å². The Hall–Kier alpha value is -1.49. The topological polar surface area (TPSA) is 56.7 Å². The SMILES string of the molecule is [NH3+]CC(=O)Nc1ccc(F)c(F)c1. The lowest BCUT2D eigenvalue weighted by Crippen LogP contribution is -2.55. The first kappa shape index (κ1) is 9.60. The highest BCUT2D eigenvalue weighted by Gasteiger charge is 2.05. The molecule has 1 aromatic rings. The van der Waals surface area contributed by atoms with E-state index in [1.165, 1.54) is 6.07 Å². The number of carbonyl (C=O) groups excluding carboxylic acids is 1. The Morgan fingerprint density at radius 2 is 2.08 bits per heavy atom. The summed E-state index contributed by atoms with van der Waals surface area (Å²) in [5.74, 6) is -2.26. The zero-order valence-corrected chi connectivity index (χ0v) is 6.81. The molecule has 0 saturated heterocycles. The van der Waals surface area contributed by atoms with Crippen molar-refractivity contribution in [2.75, 3.05) is 11.9 Å². The van der Waals surface area contributed by atoms with Gasteiger partial charge in [-0.15, -0.1) is 0 Å².